The Bertz CT molecular complexity index is 742. The number of hydrogen-bond donors (Lipinski definition) is 2. The van der Waals surface area contributed by atoms with E-state index < -0.39 is 5.91 Å². The first-order valence-corrected chi connectivity index (χ1v) is 8.45. The molecule has 138 valence electrons. The van der Waals surface area contributed by atoms with Gasteiger partial charge in [-0.3, -0.25) is 9.59 Å². The number of ether oxygens (including phenoxy) is 2. The van der Waals surface area contributed by atoms with Crippen molar-refractivity contribution in [1.29, 1.82) is 0 Å². The summed E-state index contributed by atoms with van der Waals surface area (Å²) in [6, 6.07) is 13.9. The number of nitrogens with two attached hydrogens (primary N) is 1. The Morgan fingerprint density at radius 1 is 1.04 bits per heavy atom. The number of rotatable bonds is 9. The molecule has 2 aromatic rings. The average molecular weight is 356 g/mol. The second-order valence-corrected chi connectivity index (χ2v) is 6.27. The van der Waals surface area contributed by atoms with Crippen LogP contribution < -0.4 is 20.5 Å². The SMILES string of the molecule is CC(C)COc1ccccc1CNC(=O)COc1ccc(C(N)=O)cc1. The highest BCUT2D eigenvalue weighted by atomic mass is 16.5. The van der Waals surface area contributed by atoms with Crippen LogP contribution in [0.15, 0.2) is 48.5 Å². The van der Waals surface area contributed by atoms with Crippen molar-refractivity contribution in [2.24, 2.45) is 11.7 Å². The predicted molar refractivity (Wildman–Crippen MR) is 99.1 cm³/mol. The molecule has 2 aromatic carbocycles. The minimum Gasteiger partial charge on any atom is -0.493 e. The molecule has 0 aliphatic carbocycles. The smallest absolute Gasteiger partial charge is 0.258 e. The van der Waals surface area contributed by atoms with Crippen molar-refractivity contribution in [2.75, 3.05) is 13.2 Å². The highest BCUT2D eigenvalue weighted by Crippen LogP contribution is 2.18. The van der Waals surface area contributed by atoms with Crippen molar-refractivity contribution in [3.05, 3.63) is 59.7 Å². The highest BCUT2D eigenvalue weighted by molar-refractivity contribution is 5.92. The van der Waals surface area contributed by atoms with E-state index in [1.165, 1.54) is 0 Å². The van der Waals surface area contributed by atoms with Crippen molar-refractivity contribution in [1.82, 2.24) is 5.32 Å². The van der Waals surface area contributed by atoms with Crippen molar-refractivity contribution < 1.29 is 19.1 Å². The van der Waals surface area contributed by atoms with Crippen LogP contribution in [0.3, 0.4) is 0 Å². The largest absolute Gasteiger partial charge is 0.493 e. The van der Waals surface area contributed by atoms with E-state index in [0.29, 0.717) is 30.4 Å². The third kappa shape index (κ3) is 6.12. The summed E-state index contributed by atoms with van der Waals surface area (Å²) in [5.41, 5.74) is 6.48. The lowest BCUT2D eigenvalue weighted by Gasteiger charge is -2.14. The van der Waals surface area contributed by atoms with Crippen LogP contribution in [0.2, 0.25) is 0 Å². The molecule has 0 unspecified atom stereocenters. The molecule has 6 nitrogen and oxygen atoms in total. The molecule has 0 aliphatic heterocycles. The Hall–Kier alpha value is -3.02. The van der Waals surface area contributed by atoms with Crippen LogP contribution in [0.1, 0.15) is 29.8 Å². The van der Waals surface area contributed by atoms with Gasteiger partial charge in [0.2, 0.25) is 5.91 Å². The van der Waals surface area contributed by atoms with Gasteiger partial charge < -0.3 is 20.5 Å². The first-order chi connectivity index (χ1) is 12.5. The van der Waals surface area contributed by atoms with Gasteiger partial charge in [0.1, 0.15) is 11.5 Å². The molecular weight excluding hydrogens is 332 g/mol. The van der Waals surface area contributed by atoms with Gasteiger partial charge in [0, 0.05) is 17.7 Å². The molecule has 0 fully saturated rings. The van der Waals surface area contributed by atoms with E-state index >= 15 is 0 Å². The van der Waals surface area contributed by atoms with Gasteiger partial charge in [-0.15, -0.1) is 0 Å². The standard InChI is InChI=1S/C20H24N2O4/c1-14(2)12-26-18-6-4-3-5-16(18)11-22-19(23)13-25-17-9-7-15(8-10-17)20(21)24/h3-10,14H,11-13H2,1-2H3,(H2,21,24)(H,22,23). The lowest BCUT2D eigenvalue weighted by Crippen LogP contribution is -2.28. The topological polar surface area (TPSA) is 90.7 Å². The predicted octanol–water partition coefficient (Wildman–Crippen LogP) is 2.52. The summed E-state index contributed by atoms with van der Waals surface area (Å²) in [7, 11) is 0. The fourth-order valence-corrected chi connectivity index (χ4v) is 2.16. The molecule has 2 rings (SSSR count). The Kier molecular flexibility index (Phi) is 7.02. The van der Waals surface area contributed by atoms with Crippen LogP contribution in [0.5, 0.6) is 11.5 Å². The Labute approximate surface area is 153 Å². The second-order valence-electron chi connectivity index (χ2n) is 6.27. The summed E-state index contributed by atoms with van der Waals surface area (Å²) in [4.78, 5) is 23.0. The molecule has 0 bridgehead atoms. The third-order valence-electron chi connectivity index (χ3n) is 3.53. The Balaban J connectivity index is 1.82. The number of nitrogens with one attached hydrogen (secondary N) is 1. The number of carbonyl (C=O) groups excluding carboxylic acids is 2. The van der Waals surface area contributed by atoms with Crippen LogP contribution >= 0.6 is 0 Å². The lowest BCUT2D eigenvalue weighted by atomic mass is 10.2. The number of carbonyl (C=O) groups is 2. The monoisotopic (exact) mass is 356 g/mol. The van der Waals surface area contributed by atoms with Gasteiger partial charge in [0.05, 0.1) is 6.61 Å². The van der Waals surface area contributed by atoms with Crippen LogP contribution in [0, 0.1) is 5.92 Å². The van der Waals surface area contributed by atoms with E-state index in [2.05, 4.69) is 19.2 Å². The van der Waals surface area contributed by atoms with E-state index in [1.807, 2.05) is 24.3 Å². The van der Waals surface area contributed by atoms with Crippen molar-refractivity contribution in [3.8, 4) is 11.5 Å². The van der Waals surface area contributed by atoms with E-state index in [1.54, 1.807) is 24.3 Å². The van der Waals surface area contributed by atoms with Gasteiger partial charge in [0.25, 0.3) is 5.91 Å². The van der Waals surface area contributed by atoms with E-state index in [-0.39, 0.29) is 12.5 Å². The van der Waals surface area contributed by atoms with Crippen molar-refractivity contribution >= 4 is 11.8 Å². The van der Waals surface area contributed by atoms with Gasteiger partial charge >= 0.3 is 0 Å². The van der Waals surface area contributed by atoms with Gasteiger partial charge in [-0.2, -0.15) is 0 Å². The highest BCUT2D eigenvalue weighted by Gasteiger charge is 2.08. The Morgan fingerprint density at radius 3 is 2.38 bits per heavy atom. The summed E-state index contributed by atoms with van der Waals surface area (Å²) in [5, 5.41) is 2.81. The molecule has 0 saturated heterocycles. The van der Waals surface area contributed by atoms with Gasteiger partial charge in [-0.05, 0) is 36.2 Å². The van der Waals surface area contributed by atoms with Crippen LogP contribution in [0.4, 0.5) is 0 Å². The van der Waals surface area contributed by atoms with Crippen molar-refractivity contribution in [3.63, 3.8) is 0 Å². The quantitative estimate of drug-likeness (QED) is 0.722. The van der Waals surface area contributed by atoms with E-state index in [4.69, 9.17) is 15.2 Å². The van der Waals surface area contributed by atoms with Crippen LogP contribution in [-0.2, 0) is 11.3 Å². The van der Waals surface area contributed by atoms with Gasteiger partial charge in [0.15, 0.2) is 6.61 Å². The van der Waals surface area contributed by atoms with Crippen molar-refractivity contribution in [2.45, 2.75) is 20.4 Å². The maximum absolute atomic E-state index is 12.0. The molecule has 0 aromatic heterocycles. The van der Waals surface area contributed by atoms with Crippen LogP contribution in [-0.4, -0.2) is 25.0 Å². The lowest BCUT2D eigenvalue weighted by molar-refractivity contribution is -0.123. The number of benzene rings is 2. The Morgan fingerprint density at radius 2 is 1.73 bits per heavy atom. The molecule has 0 aliphatic rings. The molecule has 3 N–H and O–H groups in total. The molecule has 0 saturated carbocycles. The van der Waals surface area contributed by atoms with Gasteiger partial charge in [-0.25, -0.2) is 0 Å². The molecule has 0 spiro atoms. The summed E-state index contributed by atoms with van der Waals surface area (Å²) in [6.07, 6.45) is 0. The zero-order valence-corrected chi connectivity index (χ0v) is 15.0. The molecule has 0 radical (unpaired) electrons. The summed E-state index contributed by atoms with van der Waals surface area (Å²) in [6.45, 7) is 5.02. The number of primary amides is 1. The fraction of sp³-hybridized carbons (Fsp3) is 0.300. The molecule has 0 heterocycles. The molecule has 2 amide bonds. The minimum atomic E-state index is -0.507. The molecule has 26 heavy (non-hydrogen) atoms. The second kappa shape index (κ2) is 9.46. The zero-order chi connectivity index (χ0) is 18.9. The summed E-state index contributed by atoms with van der Waals surface area (Å²) in [5.74, 6) is 0.928. The average Bonchev–Trinajstić information content (AvgIpc) is 2.63. The number of amides is 2. The third-order valence-corrected chi connectivity index (χ3v) is 3.53. The molecular formula is C20H24N2O4. The maximum Gasteiger partial charge on any atom is 0.258 e. The normalized spacial score (nSPS) is 10.4. The summed E-state index contributed by atoms with van der Waals surface area (Å²) >= 11 is 0. The minimum absolute atomic E-state index is 0.120. The van der Waals surface area contributed by atoms with E-state index in [9.17, 15) is 9.59 Å². The van der Waals surface area contributed by atoms with E-state index in [0.717, 1.165) is 11.3 Å². The first kappa shape index (κ1) is 19.3. The zero-order valence-electron chi connectivity index (χ0n) is 15.0. The summed E-state index contributed by atoms with van der Waals surface area (Å²) < 4.78 is 11.2. The molecule has 0 atom stereocenters. The number of hydrogen-bond acceptors (Lipinski definition) is 4. The van der Waals surface area contributed by atoms with Crippen LogP contribution in [0.25, 0.3) is 0 Å². The number of para-hydroxylation sites is 1. The fourth-order valence-electron chi connectivity index (χ4n) is 2.16. The first-order valence-electron chi connectivity index (χ1n) is 8.45. The maximum atomic E-state index is 12.0. The van der Waals surface area contributed by atoms with Gasteiger partial charge in [-0.1, -0.05) is 32.0 Å². The molecule has 6 heteroatoms.